The van der Waals surface area contributed by atoms with E-state index in [1.807, 2.05) is 0 Å². The van der Waals surface area contributed by atoms with Gasteiger partial charge in [-0.05, 0) is 24.3 Å². The van der Waals surface area contributed by atoms with Gasteiger partial charge in [0, 0.05) is 49.2 Å². The van der Waals surface area contributed by atoms with Crippen LogP contribution in [-0.2, 0) is 11.3 Å². The summed E-state index contributed by atoms with van der Waals surface area (Å²) in [5.74, 6) is -0.144. The molecule has 0 bridgehead atoms. The molecule has 1 amide bonds. The Morgan fingerprint density at radius 2 is 2.10 bits per heavy atom. The number of nitrogens with one attached hydrogen (secondary N) is 1. The van der Waals surface area contributed by atoms with Crippen molar-refractivity contribution in [3.8, 4) is 22.7 Å². The highest BCUT2D eigenvalue weighted by atomic mass is 35.5. The van der Waals surface area contributed by atoms with Crippen LogP contribution in [0.5, 0.6) is 5.75 Å². The van der Waals surface area contributed by atoms with Crippen molar-refractivity contribution in [2.45, 2.75) is 13.2 Å². The first-order valence-electron chi connectivity index (χ1n) is 9.32. The lowest BCUT2D eigenvalue weighted by molar-refractivity contribution is -0.132. The third-order valence-electron chi connectivity index (χ3n) is 4.67. The van der Waals surface area contributed by atoms with Crippen molar-refractivity contribution in [1.82, 2.24) is 29.8 Å². The molecule has 1 aliphatic rings. The van der Waals surface area contributed by atoms with Gasteiger partial charge < -0.3 is 15.0 Å². The average molecular weight is 437 g/mol. The number of halogens is 3. The third-order valence-corrected chi connectivity index (χ3v) is 4.91. The molecule has 2 aromatic heterocycles. The summed E-state index contributed by atoms with van der Waals surface area (Å²) >= 11 is 6.11. The number of alkyl halides is 2. The molecule has 3 aromatic rings. The smallest absolute Gasteiger partial charge is 0.387 e. The molecule has 30 heavy (non-hydrogen) atoms. The normalized spacial score (nSPS) is 14.3. The van der Waals surface area contributed by atoms with Gasteiger partial charge in [-0.25, -0.2) is 4.68 Å². The van der Waals surface area contributed by atoms with Gasteiger partial charge in [-0.2, -0.15) is 19.0 Å². The van der Waals surface area contributed by atoms with E-state index in [9.17, 15) is 13.6 Å². The van der Waals surface area contributed by atoms with Gasteiger partial charge in [-0.3, -0.25) is 9.48 Å². The number of piperazine rings is 1. The molecule has 1 N–H and O–H groups in total. The van der Waals surface area contributed by atoms with Gasteiger partial charge in [0.15, 0.2) is 0 Å². The van der Waals surface area contributed by atoms with Gasteiger partial charge in [0.1, 0.15) is 23.7 Å². The van der Waals surface area contributed by atoms with E-state index in [2.05, 4.69) is 20.3 Å². The lowest BCUT2D eigenvalue weighted by atomic mass is 10.1. The summed E-state index contributed by atoms with van der Waals surface area (Å²) in [7, 11) is 0. The zero-order valence-corrected chi connectivity index (χ0v) is 16.6. The van der Waals surface area contributed by atoms with Crippen LogP contribution in [-0.4, -0.2) is 63.2 Å². The maximum atomic E-state index is 12.9. The van der Waals surface area contributed by atoms with Gasteiger partial charge in [-0.15, -0.1) is 0 Å². The second kappa shape index (κ2) is 8.80. The van der Waals surface area contributed by atoms with Crippen LogP contribution < -0.4 is 10.1 Å². The molecule has 1 aromatic carbocycles. The number of hydrogen-bond donors (Lipinski definition) is 1. The molecule has 11 heteroatoms. The van der Waals surface area contributed by atoms with E-state index in [0.717, 1.165) is 13.1 Å². The molecule has 0 radical (unpaired) electrons. The van der Waals surface area contributed by atoms with Gasteiger partial charge in [0.05, 0.1) is 6.20 Å². The van der Waals surface area contributed by atoms with Crippen LogP contribution in [0.4, 0.5) is 8.78 Å². The SMILES string of the molecule is O=C(Cn1cc(-n2cccn2)c(-c2cc(Cl)ccc2OC(F)F)n1)N1CCNCC1. The second-order valence-corrected chi connectivity index (χ2v) is 7.10. The Hall–Kier alpha value is -2.98. The summed E-state index contributed by atoms with van der Waals surface area (Å²) in [6.07, 6.45) is 4.93. The average Bonchev–Trinajstić information content (AvgIpc) is 3.39. The molecule has 1 fully saturated rings. The number of ether oxygens (including phenoxy) is 1. The van der Waals surface area contributed by atoms with E-state index >= 15 is 0 Å². The van der Waals surface area contributed by atoms with Crippen molar-refractivity contribution in [3.63, 3.8) is 0 Å². The van der Waals surface area contributed by atoms with Crippen LogP contribution in [0.3, 0.4) is 0 Å². The minimum absolute atomic E-state index is 0.0138. The number of rotatable bonds is 6. The Morgan fingerprint density at radius 3 is 2.80 bits per heavy atom. The maximum Gasteiger partial charge on any atom is 0.387 e. The van der Waals surface area contributed by atoms with Crippen LogP contribution in [0.1, 0.15) is 0 Å². The molecular formula is C19H19ClF2N6O2. The van der Waals surface area contributed by atoms with Gasteiger partial charge >= 0.3 is 6.61 Å². The molecule has 0 atom stereocenters. The van der Waals surface area contributed by atoms with Crippen molar-refractivity contribution in [2.75, 3.05) is 26.2 Å². The fourth-order valence-electron chi connectivity index (χ4n) is 3.30. The lowest BCUT2D eigenvalue weighted by Gasteiger charge is -2.27. The predicted octanol–water partition coefficient (Wildman–Crippen LogP) is 2.42. The van der Waals surface area contributed by atoms with Crippen LogP contribution in [0.2, 0.25) is 5.02 Å². The number of nitrogens with zero attached hydrogens (tertiary/aromatic N) is 5. The summed E-state index contributed by atoms with van der Waals surface area (Å²) in [4.78, 5) is 14.4. The molecule has 1 aliphatic heterocycles. The van der Waals surface area contributed by atoms with Gasteiger partial charge in [0.25, 0.3) is 0 Å². The van der Waals surface area contributed by atoms with Crippen molar-refractivity contribution < 1.29 is 18.3 Å². The molecular weight excluding hydrogens is 418 g/mol. The van der Waals surface area contributed by atoms with Crippen LogP contribution in [0.25, 0.3) is 16.9 Å². The van der Waals surface area contributed by atoms with Crippen LogP contribution in [0, 0.1) is 0 Å². The fraction of sp³-hybridized carbons (Fsp3) is 0.316. The summed E-state index contributed by atoms with van der Waals surface area (Å²) in [5.41, 5.74) is 1.11. The van der Waals surface area contributed by atoms with Crippen molar-refractivity contribution in [2.24, 2.45) is 0 Å². The Kier molecular flexibility index (Phi) is 5.96. The Bertz CT molecular complexity index is 1020. The Balaban J connectivity index is 1.72. The minimum Gasteiger partial charge on any atom is -0.434 e. The summed E-state index contributed by atoms with van der Waals surface area (Å²) in [6, 6.07) is 6.04. The highest BCUT2D eigenvalue weighted by molar-refractivity contribution is 6.31. The predicted molar refractivity (Wildman–Crippen MR) is 106 cm³/mol. The zero-order valence-electron chi connectivity index (χ0n) is 15.8. The zero-order chi connectivity index (χ0) is 21.1. The summed E-state index contributed by atoms with van der Waals surface area (Å²) in [5, 5.41) is 12.2. The van der Waals surface area contributed by atoms with Crippen LogP contribution in [0.15, 0.2) is 42.9 Å². The second-order valence-electron chi connectivity index (χ2n) is 6.66. The molecule has 0 aliphatic carbocycles. The van der Waals surface area contributed by atoms with Crippen molar-refractivity contribution >= 4 is 17.5 Å². The summed E-state index contributed by atoms with van der Waals surface area (Å²) < 4.78 is 33.5. The minimum atomic E-state index is -3.01. The standard InChI is InChI=1S/C19H19ClF2N6O2/c20-13-2-3-16(30-19(21)22)14(10-13)18-15(28-7-1-4-24-28)11-27(25-18)12-17(29)26-8-5-23-6-9-26/h1-4,7,10-11,19,23H,5-6,8-9,12H2. The largest absolute Gasteiger partial charge is 0.434 e. The first kappa shape index (κ1) is 20.3. The van der Waals surface area contributed by atoms with E-state index in [0.29, 0.717) is 29.5 Å². The number of carbonyl (C=O) groups excluding carboxylic acids is 1. The number of carbonyl (C=O) groups is 1. The molecule has 158 valence electrons. The Morgan fingerprint density at radius 1 is 1.30 bits per heavy atom. The molecule has 3 heterocycles. The quantitative estimate of drug-likeness (QED) is 0.642. The van der Waals surface area contributed by atoms with Gasteiger partial charge in [-0.1, -0.05) is 11.6 Å². The summed E-state index contributed by atoms with van der Waals surface area (Å²) in [6.45, 7) is -0.259. The third kappa shape index (κ3) is 4.44. The van der Waals surface area contributed by atoms with E-state index in [1.165, 1.54) is 22.9 Å². The number of aromatic nitrogens is 4. The number of benzene rings is 1. The molecule has 0 spiro atoms. The highest BCUT2D eigenvalue weighted by Gasteiger charge is 2.22. The topological polar surface area (TPSA) is 77.2 Å². The Labute approximate surface area is 176 Å². The highest BCUT2D eigenvalue weighted by Crippen LogP contribution is 2.36. The number of amides is 1. The van der Waals surface area contributed by atoms with Crippen molar-refractivity contribution in [3.05, 3.63) is 47.9 Å². The van der Waals surface area contributed by atoms with E-state index in [-0.39, 0.29) is 23.8 Å². The number of hydrogen-bond acceptors (Lipinski definition) is 5. The monoisotopic (exact) mass is 436 g/mol. The first-order valence-corrected chi connectivity index (χ1v) is 9.70. The maximum absolute atomic E-state index is 12.9. The molecule has 1 saturated heterocycles. The van der Waals surface area contributed by atoms with Gasteiger partial charge in [0.2, 0.25) is 5.91 Å². The first-order chi connectivity index (χ1) is 14.5. The van der Waals surface area contributed by atoms with E-state index in [1.54, 1.807) is 34.2 Å². The lowest BCUT2D eigenvalue weighted by Crippen LogP contribution is -2.47. The van der Waals surface area contributed by atoms with Crippen molar-refractivity contribution in [1.29, 1.82) is 0 Å². The molecule has 4 rings (SSSR count). The van der Waals surface area contributed by atoms with E-state index < -0.39 is 6.61 Å². The van der Waals surface area contributed by atoms with E-state index in [4.69, 9.17) is 11.6 Å². The van der Waals surface area contributed by atoms with Crippen LogP contribution >= 0.6 is 11.6 Å². The fourth-order valence-corrected chi connectivity index (χ4v) is 3.47. The molecule has 8 nitrogen and oxygen atoms in total. The molecule has 0 saturated carbocycles. The molecule has 0 unspecified atom stereocenters.